The van der Waals surface area contributed by atoms with Crippen molar-refractivity contribution in [2.75, 3.05) is 39.8 Å². The van der Waals surface area contributed by atoms with Gasteiger partial charge in [-0.05, 0) is 74.5 Å². The predicted octanol–water partition coefficient (Wildman–Crippen LogP) is 2.39. The molecule has 1 unspecified atom stereocenters. The van der Waals surface area contributed by atoms with Crippen LogP contribution in [-0.4, -0.2) is 67.6 Å². The van der Waals surface area contributed by atoms with Crippen LogP contribution in [-0.2, 0) is 4.79 Å². The Morgan fingerprint density at radius 1 is 1.10 bits per heavy atom. The zero-order valence-corrected chi connectivity index (χ0v) is 18.5. The molecule has 1 N–H and O–H groups in total. The molecule has 160 valence electrons. The van der Waals surface area contributed by atoms with Gasteiger partial charge in [-0.2, -0.15) is 0 Å². The molecular weight excluding hydrogens is 409 g/mol. The maximum absolute atomic E-state index is 13.5. The molecule has 6 atom stereocenters. The van der Waals surface area contributed by atoms with Crippen LogP contribution in [0.1, 0.15) is 24.3 Å². The number of benzene rings is 1. The van der Waals surface area contributed by atoms with Gasteiger partial charge in [-0.1, -0.05) is 12.1 Å². The molecule has 0 aromatic heterocycles. The number of amides is 1. The van der Waals surface area contributed by atoms with Crippen LogP contribution in [0.2, 0.25) is 0 Å². The van der Waals surface area contributed by atoms with Crippen molar-refractivity contribution in [1.82, 2.24) is 15.1 Å². The number of halogens is 2. The fraction of sp³-hybridized carbons (Fsp3) is 0.682. The van der Waals surface area contributed by atoms with Crippen LogP contribution >= 0.6 is 24.8 Å². The lowest BCUT2D eigenvalue weighted by molar-refractivity contribution is -0.138. The molecule has 0 radical (unpaired) electrons. The number of fused-ring (bicyclic) bond motifs is 3. The van der Waals surface area contributed by atoms with E-state index in [1.165, 1.54) is 31.5 Å². The van der Waals surface area contributed by atoms with Gasteiger partial charge in [0.25, 0.3) is 0 Å². The first-order valence-electron chi connectivity index (χ1n) is 10.7. The summed E-state index contributed by atoms with van der Waals surface area (Å²) in [4.78, 5) is 18.5. The summed E-state index contributed by atoms with van der Waals surface area (Å²) in [6, 6.07) is 9.45. The Balaban J connectivity index is 0.00000102. The zero-order chi connectivity index (χ0) is 18.1. The van der Waals surface area contributed by atoms with Gasteiger partial charge in [0.2, 0.25) is 5.91 Å². The van der Waals surface area contributed by atoms with Gasteiger partial charge in [-0.25, -0.2) is 0 Å². The topological polar surface area (TPSA) is 44.8 Å². The lowest BCUT2D eigenvalue weighted by atomic mass is 9.75. The van der Waals surface area contributed by atoms with Crippen LogP contribution in [0.15, 0.2) is 24.3 Å². The molecular formula is C22H31Cl2N3O2. The van der Waals surface area contributed by atoms with E-state index in [1.54, 1.807) is 7.11 Å². The number of piperidine rings is 4. The number of nitrogens with one attached hydrogen (secondary N) is 1. The molecule has 2 bridgehead atoms. The molecule has 7 rings (SSSR count). The Kier molecular flexibility index (Phi) is 5.80. The van der Waals surface area contributed by atoms with Crippen molar-refractivity contribution in [3.63, 3.8) is 0 Å². The molecule has 1 aromatic rings. The van der Waals surface area contributed by atoms with Gasteiger partial charge in [0, 0.05) is 24.4 Å². The molecule has 6 aliphatic rings. The van der Waals surface area contributed by atoms with Gasteiger partial charge >= 0.3 is 0 Å². The van der Waals surface area contributed by atoms with Crippen molar-refractivity contribution in [2.24, 2.45) is 23.7 Å². The second-order valence-electron chi connectivity index (χ2n) is 9.24. The summed E-state index contributed by atoms with van der Waals surface area (Å²) in [5.41, 5.74) is 1.34. The van der Waals surface area contributed by atoms with Gasteiger partial charge in [0.05, 0.1) is 13.2 Å². The summed E-state index contributed by atoms with van der Waals surface area (Å²) in [7, 11) is 1.73. The summed E-state index contributed by atoms with van der Waals surface area (Å²) >= 11 is 0. The summed E-state index contributed by atoms with van der Waals surface area (Å²) in [5.74, 6) is 3.99. The van der Waals surface area contributed by atoms with E-state index in [1.807, 2.05) is 6.07 Å². The minimum absolute atomic E-state index is 0. The fourth-order valence-corrected chi connectivity index (χ4v) is 6.81. The Bertz CT molecular complexity index is 760. The summed E-state index contributed by atoms with van der Waals surface area (Å²) in [6.45, 7) is 5.37. The monoisotopic (exact) mass is 439 g/mol. The second-order valence-corrected chi connectivity index (χ2v) is 9.24. The number of likely N-dealkylation sites (tertiary alicyclic amines) is 1. The predicted molar refractivity (Wildman–Crippen MR) is 117 cm³/mol. The lowest BCUT2D eigenvalue weighted by Crippen LogP contribution is -2.61. The molecule has 1 aromatic carbocycles. The highest BCUT2D eigenvalue weighted by molar-refractivity contribution is 5.85. The zero-order valence-electron chi connectivity index (χ0n) is 16.8. The normalized spacial score (nSPS) is 41.1. The molecule has 5 nitrogen and oxygen atoms in total. The van der Waals surface area contributed by atoms with Crippen LogP contribution in [0.3, 0.4) is 0 Å². The highest BCUT2D eigenvalue weighted by Crippen LogP contribution is 2.53. The molecule has 1 amide bonds. The van der Waals surface area contributed by atoms with Crippen LogP contribution in [0.5, 0.6) is 5.75 Å². The van der Waals surface area contributed by atoms with Crippen LogP contribution < -0.4 is 10.1 Å². The molecule has 5 saturated heterocycles. The van der Waals surface area contributed by atoms with Crippen molar-refractivity contribution in [1.29, 1.82) is 0 Å². The average molecular weight is 440 g/mol. The Morgan fingerprint density at radius 3 is 2.52 bits per heavy atom. The molecule has 7 heteroatoms. The number of methoxy groups -OCH3 is 1. The molecule has 1 saturated carbocycles. The summed E-state index contributed by atoms with van der Waals surface area (Å²) in [5, 5.41) is 3.43. The van der Waals surface area contributed by atoms with Crippen molar-refractivity contribution < 1.29 is 9.53 Å². The minimum atomic E-state index is 0. The van der Waals surface area contributed by atoms with Gasteiger partial charge in [-0.15, -0.1) is 24.8 Å². The number of nitrogens with zero attached hydrogens (tertiary/aromatic N) is 2. The molecule has 5 aliphatic heterocycles. The second kappa shape index (κ2) is 7.92. The van der Waals surface area contributed by atoms with E-state index in [4.69, 9.17) is 4.74 Å². The molecule has 29 heavy (non-hydrogen) atoms. The first-order valence-corrected chi connectivity index (χ1v) is 10.7. The van der Waals surface area contributed by atoms with E-state index in [2.05, 4.69) is 33.3 Å². The highest BCUT2D eigenvalue weighted by atomic mass is 35.5. The quantitative estimate of drug-likeness (QED) is 0.784. The van der Waals surface area contributed by atoms with Gasteiger partial charge < -0.3 is 15.0 Å². The first-order chi connectivity index (χ1) is 13.3. The number of rotatable bonds is 3. The molecule has 0 spiro atoms. The summed E-state index contributed by atoms with van der Waals surface area (Å²) < 4.78 is 5.48. The Morgan fingerprint density at radius 2 is 1.83 bits per heavy atom. The van der Waals surface area contributed by atoms with Gasteiger partial charge in [0.1, 0.15) is 5.75 Å². The van der Waals surface area contributed by atoms with Crippen LogP contribution in [0.4, 0.5) is 0 Å². The van der Waals surface area contributed by atoms with Crippen molar-refractivity contribution in [2.45, 2.75) is 30.8 Å². The third kappa shape index (κ3) is 3.16. The third-order valence-corrected chi connectivity index (χ3v) is 8.18. The number of hydrogen-bond acceptors (Lipinski definition) is 4. The molecule has 6 fully saturated rings. The molecule has 1 aliphatic carbocycles. The SMILES string of the molecule is COc1cccc([C@@H]2CN(C(=O)C3[C@H]4CNC[C@@H]34)[C@@H]3C4CCN(CC4)[C@@H]32)c1.Cl.Cl. The average Bonchev–Trinajstić information content (AvgIpc) is 3.08. The highest BCUT2D eigenvalue weighted by Gasteiger charge is 2.62. The standard InChI is InChI=1S/C22H29N3O2.2ClH/c1-27-15-4-2-3-14(9-15)18-12-25(22(26)19-16-10-23-11-17(16)19)20-13-5-7-24(8-6-13)21(18)20;;/h2-4,9,13,16-21,23H,5-8,10-12H2,1H3;2*1H/t16-,17+,18-,19?,20+,21+;;/m0../s1. The largest absolute Gasteiger partial charge is 0.497 e. The first kappa shape index (κ1) is 21.2. The van der Waals surface area contributed by atoms with Crippen molar-refractivity contribution in [3.05, 3.63) is 29.8 Å². The van der Waals surface area contributed by atoms with E-state index in [0.29, 0.717) is 47.6 Å². The number of carbonyl (C=O) groups excluding carboxylic acids is 1. The fourth-order valence-electron chi connectivity index (χ4n) is 6.81. The van der Waals surface area contributed by atoms with Crippen molar-refractivity contribution in [3.8, 4) is 5.75 Å². The van der Waals surface area contributed by atoms with E-state index < -0.39 is 0 Å². The number of ether oxygens (including phenoxy) is 1. The smallest absolute Gasteiger partial charge is 0.226 e. The Labute approximate surface area is 185 Å². The Hall–Kier alpha value is -1.01. The van der Waals surface area contributed by atoms with E-state index >= 15 is 0 Å². The van der Waals surface area contributed by atoms with Crippen molar-refractivity contribution >= 4 is 30.7 Å². The lowest BCUT2D eigenvalue weighted by Gasteiger charge is -2.51. The summed E-state index contributed by atoms with van der Waals surface area (Å²) in [6.07, 6.45) is 2.52. The van der Waals surface area contributed by atoms with Gasteiger partial charge in [-0.3, -0.25) is 9.69 Å². The van der Waals surface area contributed by atoms with Gasteiger partial charge in [0.15, 0.2) is 0 Å². The maximum Gasteiger partial charge on any atom is 0.226 e. The van der Waals surface area contributed by atoms with E-state index in [0.717, 1.165) is 25.4 Å². The van der Waals surface area contributed by atoms with E-state index in [9.17, 15) is 4.79 Å². The third-order valence-electron chi connectivity index (χ3n) is 8.18. The minimum Gasteiger partial charge on any atom is -0.497 e. The van der Waals surface area contributed by atoms with Crippen LogP contribution in [0.25, 0.3) is 0 Å². The van der Waals surface area contributed by atoms with Crippen LogP contribution in [0, 0.1) is 23.7 Å². The van der Waals surface area contributed by atoms with E-state index in [-0.39, 0.29) is 24.8 Å². The maximum atomic E-state index is 13.5. The molecule has 5 heterocycles. The number of hydrogen-bond donors (Lipinski definition) is 1. The number of carbonyl (C=O) groups is 1.